The van der Waals surface area contributed by atoms with Gasteiger partial charge in [0.05, 0.1) is 0 Å². The summed E-state index contributed by atoms with van der Waals surface area (Å²) in [5.74, 6) is -0.190. The van der Waals surface area contributed by atoms with E-state index in [0.717, 1.165) is 25.7 Å². The number of Topliss-reactive ketones (excluding diaryl/α,β-unsaturated/α-hetero) is 1. The average molecular weight is 289 g/mol. The number of rotatable bonds is 3. The summed E-state index contributed by atoms with van der Waals surface area (Å²) in [7, 11) is 0. The van der Waals surface area contributed by atoms with Gasteiger partial charge < -0.3 is 4.74 Å². The smallest absolute Gasteiger partial charge is 0.357 e. The summed E-state index contributed by atoms with van der Waals surface area (Å²) in [5, 5.41) is 0. The molecule has 2 rings (SSSR count). The van der Waals surface area contributed by atoms with Crippen LogP contribution in [-0.2, 0) is 4.74 Å². The van der Waals surface area contributed by atoms with Gasteiger partial charge in [0.25, 0.3) is 0 Å². The minimum absolute atomic E-state index is 0.118. The number of esters is 1. The van der Waals surface area contributed by atoms with E-state index in [9.17, 15) is 9.59 Å². The Labute approximate surface area is 125 Å². The second-order valence-corrected chi connectivity index (χ2v) is 6.63. The molecule has 1 aromatic heterocycles. The number of carbonyl (C=O) groups is 2. The summed E-state index contributed by atoms with van der Waals surface area (Å²) >= 11 is 0. The van der Waals surface area contributed by atoms with Crippen LogP contribution in [0.5, 0.6) is 0 Å². The van der Waals surface area contributed by atoms with E-state index in [1.54, 1.807) is 12.1 Å². The van der Waals surface area contributed by atoms with Crippen molar-refractivity contribution in [3.05, 3.63) is 29.6 Å². The highest BCUT2D eigenvalue weighted by atomic mass is 16.6. The van der Waals surface area contributed by atoms with Crippen LogP contribution in [0.3, 0.4) is 0 Å². The molecule has 1 aromatic rings. The molecule has 0 amide bonds. The molecule has 114 valence electrons. The molecule has 0 spiro atoms. The van der Waals surface area contributed by atoms with Crippen molar-refractivity contribution < 1.29 is 14.3 Å². The fourth-order valence-corrected chi connectivity index (χ4v) is 2.59. The molecule has 1 aliphatic rings. The summed E-state index contributed by atoms with van der Waals surface area (Å²) in [5.41, 5.74) is 0.286. The first-order valence-corrected chi connectivity index (χ1v) is 7.60. The quantitative estimate of drug-likeness (QED) is 0.627. The molecule has 1 saturated carbocycles. The highest BCUT2D eigenvalue weighted by molar-refractivity contribution is 5.98. The molecular weight excluding hydrogens is 266 g/mol. The van der Waals surface area contributed by atoms with Gasteiger partial charge in [-0.3, -0.25) is 4.79 Å². The topological polar surface area (TPSA) is 56.3 Å². The second-order valence-electron chi connectivity index (χ2n) is 6.63. The van der Waals surface area contributed by atoms with Gasteiger partial charge in [-0.15, -0.1) is 0 Å². The average Bonchev–Trinajstić information content (AvgIpc) is 2.46. The van der Waals surface area contributed by atoms with Crippen LogP contribution in [0.25, 0.3) is 0 Å². The lowest BCUT2D eigenvalue weighted by Gasteiger charge is -2.20. The molecule has 0 saturated heterocycles. The number of carbonyl (C=O) groups excluding carboxylic acids is 2. The molecule has 0 unspecified atom stereocenters. The van der Waals surface area contributed by atoms with E-state index in [1.165, 1.54) is 12.6 Å². The van der Waals surface area contributed by atoms with Gasteiger partial charge in [0.15, 0.2) is 5.78 Å². The Kier molecular flexibility index (Phi) is 4.76. The summed E-state index contributed by atoms with van der Waals surface area (Å²) < 4.78 is 5.25. The molecule has 4 nitrogen and oxygen atoms in total. The highest BCUT2D eigenvalue weighted by Crippen LogP contribution is 2.26. The fourth-order valence-electron chi connectivity index (χ4n) is 2.59. The number of pyridine rings is 1. The highest BCUT2D eigenvalue weighted by Gasteiger charge is 2.23. The molecule has 1 heterocycles. The van der Waals surface area contributed by atoms with Gasteiger partial charge in [-0.1, -0.05) is 19.3 Å². The number of ether oxygens (including phenoxy) is 1. The summed E-state index contributed by atoms with van der Waals surface area (Å²) in [6.07, 6.45) is 6.90. The number of nitrogens with zero attached hydrogens (tertiary/aromatic N) is 1. The van der Waals surface area contributed by atoms with E-state index in [1.807, 2.05) is 20.8 Å². The lowest BCUT2D eigenvalue weighted by molar-refractivity contribution is 0.00626. The van der Waals surface area contributed by atoms with Gasteiger partial charge in [0.2, 0.25) is 0 Å². The Morgan fingerprint density at radius 2 is 1.81 bits per heavy atom. The lowest BCUT2D eigenvalue weighted by atomic mass is 9.84. The standard InChI is InChI=1S/C17H23NO3/c1-17(2,3)21-16(20)14-10-9-13(11-18-14)15(19)12-7-5-4-6-8-12/h9-12H,4-8H2,1-3H3. The largest absolute Gasteiger partial charge is 0.455 e. The number of aromatic nitrogens is 1. The van der Waals surface area contributed by atoms with Crippen LogP contribution in [0.1, 0.15) is 73.7 Å². The maximum Gasteiger partial charge on any atom is 0.357 e. The first-order valence-electron chi connectivity index (χ1n) is 7.60. The molecule has 0 aliphatic heterocycles. The van der Waals surface area contributed by atoms with Crippen molar-refractivity contribution in [2.75, 3.05) is 0 Å². The van der Waals surface area contributed by atoms with Gasteiger partial charge >= 0.3 is 5.97 Å². The molecule has 0 radical (unpaired) electrons. The zero-order valence-corrected chi connectivity index (χ0v) is 13.0. The first-order chi connectivity index (χ1) is 9.87. The predicted molar refractivity (Wildman–Crippen MR) is 80.3 cm³/mol. The molecule has 0 N–H and O–H groups in total. The van der Waals surface area contributed by atoms with Crippen LogP contribution in [0.15, 0.2) is 18.3 Å². The van der Waals surface area contributed by atoms with Crippen molar-refractivity contribution in [3.8, 4) is 0 Å². The second kappa shape index (κ2) is 6.37. The van der Waals surface area contributed by atoms with Crippen molar-refractivity contribution in [3.63, 3.8) is 0 Å². The Morgan fingerprint density at radius 1 is 1.14 bits per heavy atom. The SMILES string of the molecule is CC(C)(C)OC(=O)c1ccc(C(=O)C2CCCCC2)cn1. The first kappa shape index (κ1) is 15.7. The van der Waals surface area contributed by atoms with Crippen LogP contribution < -0.4 is 0 Å². The van der Waals surface area contributed by atoms with Crippen molar-refractivity contribution in [1.29, 1.82) is 0 Å². The lowest BCUT2D eigenvalue weighted by Crippen LogP contribution is -2.24. The Hall–Kier alpha value is -1.71. The minimum atomic E-state index is -0.546. The maximum absolute atomic E-state index is 12.4. The Bertz CT molecular complexity index is 508. The van der Waals surface area contributed by atoms with Crippen molar-refractivity contribution >= 4 is 11.8 Å². The normalized spacial score (nSPS) is 16.5. The monoisotopic (exact) mass is 289 g/mol. The van der Waals surface area contributed by atoms with Crippen LogP contribution >= 0.6 is 0 Å². The van der Waals surface area contributed by atoms with E-state index < -0.39 is 11.6 Å². The zero-order valence-electron chi connectivity index (χ0n) is 13.0. The van der Waals surface area contributed by atoms with E-state index >= 15 is 0 Å². The molecule has 0 bridgehead atoms. The van der Waals surface area contributed by atoms with Gasteiger partial charge in [-0.2, -0.15) is 0 Å². The van der Waals surface area contributed by atoms with Crippen LogP contribution in [0.2, 0.25) is 0 Å². The van der Waals surface area contributed by atoms with E-state index in [0.29, 0.717) is 5.56 Å². The zero-order chi connectivity index (χ0) is 15.5. The van der Waals surface area contributed by atoms with Crippen LogP contribution in [-0.4, -0.2) is 22.3 Å². The number of hydrogen-bond donors (Lipinski definition) is 0. The van der Waals surface area contributed by atoms with Crippen molar-refractivity contribution in [2.45, 2.75) is 58.5 Å². The maximum atomic E-state index is 12.4. The van der Waals surface area contributed by atoms with E-state index in [2.05, 4.69) is 4.98 Å². The fraction of sp³-hybridized carbons (Fsp3) is 0.588. The van der Waals surface area contributed by atoms with Gasteiger partial charge in [-0.05, 0) is 45.7 Å². The molecular formula is C17H23NO3. The van der Waals surface area contributed by atoms with Gasteiger partial charge in [-0.25, -0.2) is 9.78 Å². The molecule has 4 heteroatoms. The number of hydrogen-bond acceptors (Lipinski definition) is 4. The molecule has 21 heavy (non-hydrogen) atoms. The van der Waals surface area contributed by atoms with Crippen LogP contribution in [0.4, 0.5) is 0 Å². The minimum Gasteiger partial charge on any atom is -0.455 e. The summed E-state index contributed by atoms with van der Waals surface area (Å²) in [6, 6.07) is 3.26. The third-order valence-corrected chi connectivity index (χ3v) is 3.63. The molecule has 0 atom stereocenters. The van der Waals surface area contributed by atoms with E-state index in [4.69, 9.17) is 4.74 Å². The Balaban J connectivity index is 2.04. The Morgan fingerprint density at radius 3 is 2.33 bits per heavy atom. The molecule has 1 fully saturated rings. The van der Waals surface area contributed by atoms with Crippen molar-refractivity contribution in [1.82, 2.24) is 4.98 Å². The van der Waals surface area contributed by atoms with Crippen molar-refractivity contribution in [2.24, 2.45) is 5.92 Å². The van der Waals surface area contributed by atoms with Gasteiger partial charge in [0.1, 0.15) is 11.3 Å². The summed E-state index contributed by atoms with van der Waals surface area (Å²) in [6.45, 7) is 5.43. The van der Waals surface area contributed by atoms with Gasteiger partial charge in [0, 0.05) is 17.7 Å². The molecule has 0 aromatic carbocycles. The molecule has 1 aliphatic carbocycles. The summed E-state index contributed by atoms with van der Waals surface area (Å²) in [4.78, 5) is 28.3. The van der Waals surface area contributed by atoms with Crippen LogP contribution in [0, 0.1) is 5.92 Å². The third kappa shape index (κ3) is 4.38. The predicted octanol–water partition coefficient (Wildman–Crippen LogP) is 3.80. The number of ketones is 1. The third-order valence-electron chi connectivity index (χ3n) is 3.63. The van der Waals surface area contributed by atoms with E-state index in [-0.39, 0.29) is 17.4 Å².